The fourth-order valence-corrected chi connectivity index (χ4v) is 2.23. The van der Waals surface area contributed by atoms with Gasteiger partial charge >= 0.3 is 0 Å². The summed E-state index contributed by atoms with van der Waals surface area (Å²) < 4.78 is 5.27. The molecule has 0 spiro atoms. The summed E-state index contributed by atoms with van der Waals surface area (Å²) in [5.74, 6) is 2.34. The van der Waals surface area contributed by atoms with Crippen LogP contribution in [0.5, 0.6) is 0 Å². The maximum atomic E-state index is 5.27. The van der Waals surface area contributed by atoms with Crippen LogP contribution in [0, 0.1) is 0 Å². The van der Waals surface area contributed by atoms with Gasteiger partial charge in [-0.2, -0.15) is 0 Å². The number of rotatable bonds is 1. The molecule has 10 heavy (non-hydrogen) atoms. The Morgan fingerprint density at radius 3 is 3.30 bits per heavy atom. The highest BCUT2D eigenvalue weighted by atomic mass is 32.2. The van der Waals surface area contributed by atoms with Crippen LogP contribution in [0.1, 0.15) is 11.1 Å². The summed E-state index contributed by atoms with van der Waals surface area (Å²) in [5, 5.41) is 2.83. The van der Waals surface area contributed by atoms with E-state index in [1.54, 1.807) is 6.26 Å². The summed E-state index contributed by atoms with van der Waals surface area (Å²) in [4.78, 5) is 0. The Hall–Kier alpha value is -0.410. The average molecular weight is 156 g/mol. The maximum Gasteiger partial charge on any atom is 0.191 e. The van der Waals surface area contributed by atoms with Gasteiger partial charge in [-0.05, 0) is 12.1 Å². The van der Waals surface area contributed by atoms with E-state index >= 15 is 0 Å². The predicted molar refractivity (Wildman–Crippen MR) is 40.7 cm³/mol. The first-order valence-corrected chi connectivity index (χ1v) is 4.50. The summed E-state index contributed by atoms with van der Waals surface area (Å²) in [6.45, 7) is 1.22. The number of quaternary nitrogens is 1. The highest BCUT2D eigenvalue weighted by molar-refractivity contribution is 7.99. The zero-order valence-corrected chi connectivity index (χ0v) is 6.43. The molecule has 1 saturated heterocycles. The largest absolute Gasteiger partial charge is 0.462 e. The second-order valence-electron chi connectivity index (χ2n) is 2.33. The van der Waals surface area contributed by atoms with Crippen LogP contribution in [-0.2, 0) is 0 Å². The molecule has 0 saturated carbocycles. The van der Waals surface area contributed by atoms with E-state index in [-0.39, 0.29) is 0 Å². The van der Waals surface area contributed by atoms with Crippen LogP contribution < -0.4 is 5.32 Å². The lowest BCUT2D eigenvalue weighted by Gasteiger charge is -1.99. The third-order valence-corrected chi connectivity index (χ3v) is 2.87. The van der Waals surface area contributed by atoms with Crippen molar-refractivity contribution in [3.8, 4) is 0 Å². The second-order valence-corrected chi connectivity index (χ2v) is 3.58. The van der Waals surface area contributed by atoms with E-state index in [0.29, 0.717) is 5.37 Å². The summed E-state index contributed by atoms with van der Waals surface area (Å²) in [6, 6.07) is 3.99. The first kappa shape index (κ1) is 6.31. The fraction of sp³-hybridized carbons (Fsp3) is 0.429. The van der Waals surface area contributed by atoms with Crippen molar-refractivity contribution in [1.29, 1.82) is 0 Å². The Bertz CT molecular complexity index is 191. The van der Waals surface area contributed by atoms with E-state index in [1.165, 1.54) is 12.3 Å². The smallest absolute Gasteiger partial charge is 0.191 e. The summed E-state index contributed by atoms with van der Waals surface area (Å²) in [5.41, 5.74) is 0. The Morgan fingerprint density at radius 1 is 1.70 bits per heavy atom. The van der Waals surface area contributed by atoms with Crippen molar-refractivity contribution < 1.29 is 9.73 Å². The maximum absolute atomic E-state index is 5.27. The first-order valence-electron chi connectivity index (χ1n) is 3.45. The van der Waals surface area contributed by atoms with Crippen molar-refractivity contribution in [2.45, 2.75) is 5.37 Å². The normalized spacial score (nSPS) is 25.4. The van der Waals surface area contributed by atoms with Crippen molar-refractivity contribution in [1.82, 2.24) is 0 Å². The average Bonchev–Trinajstić information content (AvgIpc) is 2.59. The molecule has 1 aromatic rings. The van der Waals surface area contributed by atoms with Gasteiger partial charge in [0.25, 0.3) is 0 Å². The molecule has 0 bridgehead atoms. The van der Waals surface area contributed by atoms with Gasteiger partial charge in [0.2, 0.25) is 0 Å². The zero-order valence-electron chi connectivity index (χ0n) is 5.62. The summed E-state index contributed by atoms with van der Waals surface area (Å²) in [7, 11) is 0. The van der Waals surface area contributed by atoms with Gasteiger partial charge in [-0.3, -0.25) is 0 Å². The lowest BCUT2D eigenvalue weighted by Crippen LogP contribution is -2.81. The molecule has 0 radical (unpaired) electrons. The predicted octanol–water partition coefficient (Wildman–Crippen LogP) is 0.588. The number of hydrogen-bond acceptors (Lipinski definition) is 2. The van der Waals surface area contributed by atoms with Gasteiger partial charge in [-0.1, -0.05) is 11.8 Å². The monoisotopic (exact) mass is 156 g/mol. The molecule has 2 nitrogen and oxygen atoms in total. The first-order chi connectivity index (χ1) is 4.97. The Morgan fingerprint density at radius 2 is 2.70 bits per heavy atom. The topological polar surface area (TPSA) is 29.8 Å². The number of thioether (sulfide) groups is 1. The van der Waals surface area contributed by atoms with Crippen LogP contribution in [0.15, 0.2) is 22.8 Å². The second kappa shape index (κ2) is 2.68. The molecular formula is C7H10NOS+. The van der Waals surface area contributed by atoms with Gasteiger partial charge in [0.1, 0.15) is 0 Å². The SMILES string of the molecule is c1coc([C@@H]2[NH2+]CCS2)c1. The molecule has 0 aliphatic carbocycles. The Balaban J connectivity index is 2.12. The minimum Gasteiger partial charge on any atom is -0.462 e. The standard InChI is InChI=1S/C7H9NOS/c1-2-6(9-4-1)7-8-3-5-10-7/h1-2,4,7-8H,3,5H2/p+1/t7-/m1/s1. The molecule has 0 aromatic carbocycles. The van der Waals surface area contributed by atoms with Crippen molar-refractivity contribution in [3.63, 3.8) is 0 Å². The van der Waals surface area contributed by atoms with Crippen molar-refractivity contribution in [3.05, 3.63) is 24.2 Å². The molecule has 1 atom stereocenters. The fourth-order valence-electron chi connectivity index (χ4n) is 1.13. The number of nitrogens with two attached hydrogens (primary N) is 1. The minimum atomic E-state index is 0.523. The van der Waals surface area contributed by atoms with Crippen LogP contribution in [0.25, 0.3) is 0 Å². The van der Waals surface area contributed by atoms with Gasteiger partial charge in [0.15, 0.2) is 11.1 Å². The van der Waals surface area contributed by atoms with Crippen LogP contribution in [0.2, 0.25) is 0 Å². The van der Waals surface area contributed by atoms with Crippen LogP contribution >= 0.6 is 11.8 Å². The summed E-state index contributed by atoms with van der Waals surface area (Å²) >= 11 is 1.95. The molecule has 3 heteroatoms. The van der Waals surface area contributed by atoms with E-state index in [1.807, 2.05) is 23.9 Å². The molecule has 1 aromatic heterocycles. The van der Waals surface area contributed by atoms with E-state index < -0.39 is 0 Å². The van der Waals surface area contributed by atoms with Gasteiger partial charge in [0.05, 0.1) is 12.8 Å². The molecule has 54 valence electrons. The molecular weight excluding hydrogens is 146 g/mol. The quantitative estimate of drug-likeness (QED) is 0.645. The Kier molecular flexibility index (Phi) is 1.69. The van der Waals surface area contributed by atoms with Crippen LogP contribution in [0.3, 0.4) is 0 Å². The van der Waals surface area contributed by atoms with E-state index in [9.17, 15) is 0 Å². The Labute approximate surface area is 64.0 Å². The molecule has 1 fully saturated rings. The van der Waals surface area contributed by atoms with Gasteiger partial charge in [0, 0.05) is 5.75 Å². The van der Waals surface area contributed by atoms with Crippen molar-refractivity contribution in [2.75, 3.05) is 12.3 Å². The van der Waals surface area contributed by atoms with Crippen LogP contribution in [-0.4, -0.2) is 12.3 Å². The molecule has 2 N–H and O–H groups in total. The van der Waals surface area contributed by atoms with Crippen molar-refractivity contribution in [2.24, 2.45) is 0 Å². The third kappa shape index (κ3) is 1.07. The molecule has 2 heterocycles. The molecule has 0 amide bonds. The number of furan rings is 1. The van der Waals surface area contributed by atoms with Gasteiger partial charge in [-0.15, -0.1) is 0 Å². The van der Waals surface area contributed by atoms with Crippen molar-refractivity contribution >= 4 is 11.8 Å². The lowest BCUT2D eigenvalue weighted by molar-refractivity contribution is -0.664. The molecule has 2 rings (SSSR count). The molecule has 0 unspecified atom stereocenters. The minimum absolute atomic E-state index is 0.523. The summed E-state index contributed by atoms with van der Waals surface area (Å²) in [6.07, 6.45) is 1.74. The lowest BCUT2D eigenvalue weighted by atomic mass is 10.4. The van der Waals surface area contributed by atoms with E-state index in [0.717, 1.165) is 5.76 Å². The molecule has 1 aliphatic heterocycles. The number of hydrogen-bond donors (Lipinski definition) is 1. The van der Waals surface area contributed by atoms with Gasteiger partial charge < -0.3 is 9.73 Å². The zero-order chi connectivity index (χ0) is 6.81. The van der Waals surface area contributed by atoms with Crippen LogP contribution in [0.4, 0.5) is 0 Å². The third-order valence-electron chi connectivity index (χ3n) is 1.62. The van der Waals surface area contributed by atoms with E-state index in [2.05, 4.69) is 5.32 Å². The van der Waals surface area contributed by atoms with Gasteiger partial charge in [-0.25, -0.2) is 0 Å². The highest BCUT2D eigenvalue weighted by Crippen LogP contribution is 2.24. The molecule has 1 aliphatic rings. The van der Waals surface area contributed by atoms with E-state index in [4.69, 9.17) is 4.42 Å². The highest BCUT2D eigenvalue weighted by Gasteiger charge is 2.22.